The summed E-state index contributed by atoms with van der Waals surface area (Å²) in [7, 11) is 0. The molecular weight excluding hydrogens is 398 g/mol. The number of halogens is 2. The van der Waals surface area contributed by atoms with Gasteiger partial charge in [-0.25, -0.2) is 13.6 Å². The Labute approximate surface area is 186 Å². The van der Waals surface area contributed by atoms with E-state index in [9.17, 15) is 13.6 Å². The van der Waals surface area contributed by atoms with Gasteiger partial charge >= 0.3 is 6.09 Å². The highest BCUT2D eigenvalue weighted by molar-refractivity contribution is 5.87. The van der Waals surface area contributed by atoms with E-state index in [-0.39, 0.29) is 11.8 Å². The third kappa shape index (κ3) is 6.18. The number of quaternary nitrogens is 1. The summed E-state index contributed by atoms with van der Waals surface area (Å²) in [6.07, 6.45) is 9.38. The number of hydrogen-bond acceptors (Lipinski definition) is 2. The number of ether oxygens (including phenoxy) is 1. The summed E-state index contributed by atoms with van der Waals surface area (Å²) >= 11 is 0. The molecular formula is C25H39F2N2O2+. The smallest absolute Gasteiger partial charge is 0.414 e. The van der Waals surface area contributed by atoms with E-state index in [1.807, 2.05) is 6.92 Å². The van der Waals surface area contributed by atoms with Crippen LogP contribution in [0.1, 0.15) is 71.6 Å². The quantitative estimate of drug-likeness (QED) is 0.301. The molecule has 1 aromatic rings. The fraction of sp³-hybridized carbons (Fsp3) is 0.720. The zero-order chi connectivity index (χ0) is 22.3. The van der Waals surface area contributed by atoms with Crippen molar-refractivity contribution < 1.29 is 22.8 Å². The molecule has 6 heteroatoms. The van der Waals surface area contributed by atoms with Crippen molar-refractivity contribution in [2.75, 3.05) is 37.6 Å². The average molecular weight is 438 g/mol. The van der Waals surface area contributed by atoms with E-state index < -0.39 is 17.7 Å². The van der Waals surface area contributed by atoms with Crippen LogP contribution in [0.25, 0.3) is 0 Å². The zero-order valence-corrected chi connectivity index (χ0v) is 19.3. The standard InChI is InChI=1S/C25H39F2N2O2/c1-3-5-7-8-9-15-29-16-12-20(13-17-29)24(19-29)31-25(30)28(14-6-4-2)23-18-21(26)10-11-22(23)27/h10-11,18,20,24H,3-9,12-17,19H2,1-2H3/q+1/t20?,24-,29?/m0/s1. The molecule has 0 aromatic heterocycles. The largest absolute Gasteiger partial charge is 0.440 e. The third-order valence-corrected chi connectivity index (χ3v) is 7.18. The van der Waals surface area contributed by atoms with E-state index in [2.05, 4.69) is 6.92 Å². The van der Waals surface area contributed by atoms with Crippen molar-refractivity contribution in [2.24, 2.45) is 5.92 Å². The molecule has 3 fully saturated rings. The SMILES string of the molecule is CCCCCCC[N+]12CCC(CC1)[C@@H](OC(=O)N(CCCC)c1cc(F)ccc1F)C2. The Bertz CT molecular complexity index is 719. The van der Waals surface area contributed by atoms with Crippen LogP contribution < -0.4 is 4.90 Å². The van der Waals surface area contributed by atoms with Crippen LogP contribution in [-0.2, 0) is 4.74 Å². The van der Waals surface area contributed by atoms with Crippen molar-refractivity contribution in [3.8, 4) is 0 Å². The van der Waals surface area contributed by atoms with Gasteiger partial charge in [0.15, 0.2) is 6.10 Å². The molecule has 4 rings (SSSR count). The Morgan fingerprint density at radius 1 is 1.06 bits per heavy atom. The molecule has 0 radical (unpaired) electrons. The van der Waals surface area contributed by atoms with Crippen LogP contribution in [0.15, 0.2) is 18.2 Å². The molecule has 174 valence electrons. The molecule has 3 saturated heterocycles. The highest BCUT2D eigenvalue weighted by Gasteiger charge is 2.47. The van der Waals surface area contributed by atoms with Crippen molar-refractivity contribution >= 4 is 11.8 Å². The summed E-state index contributed by atoms with van der Waals surface area (Å²) in [5.41, 5.74) is -0.0282. The van der Waals surface area contributed by atoms with E-state index in [0.29, 0.717) is 18.9 Å². The van der Waals surface area contributed by atoms with Crippen molar-refractivity contribution in [3.05, 3.63) is 29.8 Å². The van der Waals surface area contributed by atoms with Gasteiger partial charge in [0.1, 0.15) is 18.2 Å². The summed E-state index contributed by atoms with van der Waals surface area (Å²) in [4.78, 5) is 14.4. The van der Waals surface area contributed by atoms with Gasteiger partial charge < -0.3 is 9.22 Å². The van der Waals surface area contributed by atoms with Crippen molar-refractivity contribution in [2.45, 2.75) is 77.7 Å². The number of amides is 1. The molecule has 3 aliphatic heterocycles. The van der Waals surface area contributed by atoms with E-state index in [1.54, 1.807) is 0 Å². The van der Waals surface area contributed by atoms with Gasteiger partial charge in [-0.1, -0.05) is 39.5 Å². The second kappa shape index (κ2) is 11.3. The fourth-order valence-electron chi connectivity index (χ4n) is 5.23. The number of fused-ring (bicyclic) bond motifs is 3. The Balaban J connectivity index is 1.65. The molecule has 1 aromatic carbocycles. The Kier molecular flexibility index (Phi) is 8.70. The summed E-state index contributed by atoms with van der Waals surface area (Å²) < 4.78 is 35.2. The summed E-state index contributed by atoms with van der Waals surface area (Å²) in [6, 6.07) is 3.24. The molecule has 0 spiro atoms. The average Bonchev–Trinajstić information content (AvgIpc) is 2.77. The van der Waals surface area contributed by atoms with Gasteiger partial charge in [-0.2, -0.15) is 0 Å². The first kappa shape index (κ1) is 24.0. The van der Waals surface area contributed by atoms with Crippen LogP contribution >= 0.6 is 0 Å². The van der Waals surface area contributed by atoms with Gasteiger partial charge in [0.25, 0.3) is 0 Å². The number of nitrogens with zero attached hydrogens (tertiary/aromatic N) is 2. The predicted octanol–water partition coefficient (Wildman–Crippen LogP) is 6.29. The molecule has 0 aliphatic carbocycles. The minimum atomic E-state index is -0.598. The maximum atomic E-state index is 14.4. The second-order valence-corrected chi connectivity index (χ2v) is 9.47. The number of hydrogen-bond donors (Lipinski definition) is 0. The van der Waals surface area contributed by atoms with Crippen LogP contribution in [0, 0.1) is 17.6 Å². The van der Waals surface area contributed by atoms with Crippen LogP contribution in [-0.4, -0.2) is 49.4 Å². The minimum Gasteiger partial charge on any atom is -0.440 e. The number of piperidine rings is 3. The summed E-state index contributed by atoms with van der Waals surface area (Å²) in [5, 5.41) is 0. The van der Waals surface area contributed by atoms with Crippen molar-refractivity contribution in [1.29, 1.82) is 0 Å². The first-order chi connectivity index (χ1) is 15.0. The summed E-state index contributed by atoms with van der Waals surface area (Å²) in [5.74, 6) is -0.769. The lowest BCUT2D eigenvalue weighted by Crippen LogP contribution is -2.65. The van der Waals surface area contributed by atoms with Gasteiger partial charge in [-0.05, 0) is 31.4 Å². The maximum Gasteiger partial charge on any atom is 0.414 e. The fourth-order valence-corrected chi connectivity index (χ4v) is 5.23. The Hall–Kier alpha value is -1.69. The molecule has 0 N–H and O–H groups in total. The lowest BCUT2D eigenvalue weighted by atomic mass is 9.83. The first-order valence-corrected chi connectivity index (χ1v) is 12.3. The first-order valence-electron chi connectivity index (χ1n) is 12.3. The number of unbranched alkanes of at least 4 members (excludes halogenated alkanes) is 5. The molecule has 3 aliphatic rings. The molecule has 0 saturated carbocycles. The molecule has 3 heterocycles. The van der Waals surface area contributed by atoms with E-state index >= 15 is 0 Å². The normalized spacial score (nSPS) is 24.9. The van der Waals surface area contributed by atoms with Crippen molar-refractivity contribution in [1.82, 2.24) is 0 Å². The minimum absolute atomic E-state index is 0.0282. The van der Waals surface area contributed by atoms with Crippen LogP contribution in [0.5, 0.6) is 0 Å². The number of rotatable bonds is 11. The monoisotopic (exact) mass is 437 g/mol. The topological polar surface area (TPSA) is 29.5 Å². The molecule has 31 heavy (non-hydrogen) atoms. The third-order valence-electron chi connectivity index (χ3n) is 7.18. The molecule has 1 atom stereocenters. The van der Waals surface area contributed by atoms with Gasteiger partial charge in [-0.15, -0.1) is 0 Å². The summed E-state index contributed by atoms with van der Waals surface area (Å²) in [6.45, 7) is 8.92. The molecule has 0 unspecified atom stereocenters. The van der Waals surface area contributed by atoms with E-state index in [1.165, 1.54) is 50.1 Å². The Morgan fingerprint density at radius 3 is 2.48 bits per heavy atom. The van der Waals surface area contributed by atoms with Crippen molar-refractivity contribution in [3.63, 3.8) is 0 Å². The van der Waals surface area contributed by atoms with Gasteiger partial charge in [0.2, 0.25) is 0 Å². The van der Waals surface area contributed by atoms with Crippen LogP contribution in [0.2, 0.25) is 0 Å². The van der Waals surface area contributed by atoms with Gasteiger partial charge in [0.05, 0.1) is 25.3 Å². The lowest BCUT2D eigenvalue weighted by molar-refractivity contribution is -0.946. The maximum absolute atomic E-state index is 14.4. The highest BCUT2D eigenvalue weighted by atomic mass is 19.1. The number of carbonyl (C=O) groups excluding carboxylic acids is 1. The van der Waals surface area contributed by atoms with E-state index in [4.69, 9.17) is 4.74 Å². The predicted molar refractivity (Wildman–Crippen MR) is 120 cm³/mol. The van der Waals surface area contributed by atoms with Crippen LogP contribution in [0.4, 0.5) is 19.3 Å². The lowest BCUT2D eigenvalue weighted by Gasteiger charge is -2.52. The van der Waals surface area contributed by atoms with Gasteiger partial charge in [0, 0.05) is 31.4 Å². The molecule has 2 bridgehead atoms. The number of benzene rings is 1. The number of carbonyl (C=O) groups is 1. The van der Waals surface area contributed by atoms with E-state index in [0.717, 1.165) is 55.0 Å². The number of anilines is 1. The second-order valence-electron chi connectivity index (χ2n) is 9.47. The molecule has 1 amide bonds. The molecule has 4 nitrogen and oxygen atoms in total. The zero-order valence-electron chi connectivity index (χ0n) is 19.3. The van der Waals surface area contributed by atoms with Gasteiger partial charge in [-0.3, -0.25) is 4.90 Å². The Morgan fingerprint density at radius 2 is 1.77 bits per heavy atom. The van der Waals surface area contributed by atoms with Crippen LogP contribution in [0.3, 0.4) is 0 Å². The highest BCUT2D eigenvalue weighted by Crippen LogP contribution is 2.36.